The van der Waals surface area contributed by atoms with Crippen LogP contribution < -0.4 is 10.6 Å². The Morgan fingerprint density at radius 3 is 1.32 bits per heavy atom. The second kappa shape index (κ2) is 24.1. The van der Waals surface area contributed by atoms with Crippen LogP contribution in [0.4, 0.5) is 0 Å². The number of nitrogens with one attached hydrogen (secondary N) is 2. The third-order valence-electron chi connectivity index (χ3n) is 13.5. The van der Waals surface area contributed by atoms with E-state index in [4.69, 9.17) is 4.74 Å². The molecule has 2 atom stereocenters. The van der Waals surface area contributed by atoms with Crippen molar-refractivity contribution in [3.63, 3.8) is 0 Å². The van der Waals surface area contributed by atoms with Crippen molar-refractivity contribution >= 4 is 45.6 Å². The van der Waals surface area contributed by atoms with Crippen LogP contribution in [0.3, 0.4) is 0 Å². The predicted octanol–water partition coefficient (Wildman–Crippen LogP) is 13.9. The van der Waals surface area contributed by atoms with Crippen molar-refractivity contribution in [3.8, 4) is 22.3 Å². The summed E-state index contributed by atoms with van der Waals surface area (Å²) < 4.78 is 9.44. The highest BCUT2D eigenvalue weighted by Gasteiger charge is 2.22. The zero-order valence-corrected chi connectivity index (χ0v) is 44.4. The maximum Gasteiger partial charge on any atom is 0.339 e. The molecule has 0 radical (unpaired) electrons. The summed E-state index contributed by atoms with van der Waals surface area (Å²) in [7, 11) is 0. The predicted molar refractivity (Wildman–Crippen MR) is 307 cm³/mol. The van der Waals surface area contributed by atoms with Gasteiger partial charge in [-0.05, 0) is 127 Å². The molecule has 2 aromatic heterocycles. The Labute approximate surface area is 454 Å². The largest absolute Gasteiger partial charge is 0.478 e. The quantitative estimate of drug-likeness (QED) is 0.0807. The number of rotatable bonds is 16. The highest BCUT2D eigenvalue weighted by atomic mass is 16.6. The van der Waals surface area contributed by atoms with Gasteiger partial charge in [0, 0.05) is 21.9 Å². The van der Waals surface area contributed by atoms with Gasteiger partial charge < -0.3 is 20.5 Å². The van der Waals surface area contributed by atoms with E-state index < -0.39 is 11.6 Å². The van der Waals surface area contributed by atoms with Crippen LogP contribution in [0.25, 0.3) is 44.1 Å². The van der Waals surface area contributed by atoms with Gasteiger partial charge in [0.2, 0.25) is 0 Å². The summed E-state index contributed by atoms with van der Waals surface area (Å²) in [6.45, 7) is 10.9. The monoisotopic (exact) mass is 1030 g/mol. The first-order valence-electron chi connectivity index (χ1n) is 26.2. The Balaban J connectivity index is 0.000000191. The molecule has 12 nitrogen and oxygen atoms in total. The summed E-state index contributed by atoms with van der Waals surface area (Å²) >= 11 is 0. The Morgan fingerprint density at radius 2 is 0.910 bits per heavy atom. The van der Waals surface area contributed by atoms with Crippen molar-refractivity contribution in [1.82, 2.24) is 30.2 Å². The zero-order chi connectivity index (χ0) is 54.8. The minimum Gasteiger partial charge on any atom is -0.478 e. The van der Waals surface area contributed by atoms with Gasteiger partial charge in [-0.15, -0.1) is 0 Å². The van der Waals surface area contributed by atoms with E-state index in [0.717, 1.165) is 73.6 Å². The number of hydrogen-bond donors (Lipinski definition) is 3. The van der Waals surface area contributed by atoms with Crippen molar-refractivity contribution in [1.29, 1.82) is 0 Å². The molecule has 0 saturated heterocycles. The number of carboxylic acid groups (broad SMARTS) is 1. The van der Waals surface area contributed by atoms with E-state index in [2.05, 4.69) is 34.7 Å². The highest BCUT2D eigenvalue weighted by Crippen LogP contribution is 2.29. The summed E-state index contributed by atoms with van der Waals surface area (Å²) in [6, 6.07) is 61.7. The lowest BCUT2D eigenvalue weighted by Crippen LogP contribution is -2.28. The van der Waals surface area contributed by atoms with Gasteiger partial charge in [-0.3, -0.25) is 19.0 Å². The van der Waals surface area contributed by atoms with E-state index in [1.165, 1.54) is 0 Å². The Bertz CT molecular complexity index is 3710. The zero-order valence-electron chi connectivity index (χ0n) is 44.4. The van der Waals surface area contributed by atoms with Crippen LogP contribution in [0.5, 0.6) is 0 Å². The molecule has 0 aliphatic heterocycles. The van der Waals surface area contributed by atoms with Crippen LogP contribution >= 0.6 is 0 Å². The van der Waals surface area contributed by atoms with Crippen LogP contribution in [0.15, 0.2) is 207 Å². The summed E-state index contributed by atoms with van der Waals surface area (Å²) in [5.74, 6) is -1.49. The third-order valence-corrected chi connectivity index (χ3v) is 13.5. The van der Waals surface area contributed by atoms with Crippen molar-refractivity contribution in [2.75, 3.05) is 0 Å². The van der Waals surface area contributed by atoms with Gasteiger partial charge in [0.15, 0.2) is 0 Å². The lowest BCUT2D eigenvalue weighted by atomic mass is 9.98. The fourth-order valence-electron chi connectivity index (χ4n) is 9.50. The lowest BCUT2D eigenvalue weighted by Gasteiger charge is -2.20. The number of carbonyl (C=O) groups is 4. The molecule has 3 N–H and O–H groups in total. The van der Waals surface area contributed by atoms with Crippen LogP contribution in [-0.4, -0.2) is 54.0 Å². The van der Waals surface area contributed by atoms with E-state index in [1.54, 1.807) is 30.6 Å². The normalized spacial score (nSPS) is 12.0. The second-order valence-corrected chi connectivity index (χ2v) is 20.1. The number of hydrogen-bond acceptors (Lipinski definition) is 7. The molecule has 0 spiro atoms. The lowest BCUT2D eigenvalue weighted by molar-refractivity contribution is 0.00699. The molecule has 10 aromatic rings. The smallest absolute Gasteiger partial charge is 0.339 e. The van der Waals surface area contributed by atoms with E-state index in [-0.39, 0.29) is 35.4 Å². The molecule has 78 heavy (non-hydrogen) atoms. The van der Waals surface area contributed by atoms with Crippen LogP contribution in [0.1, 0.15) is 123 Å². The number of aromatic nitrogens is 4. The number of aromatic carboxylic acids is 1. The molecule has 0 bridgehead atoms. The number of amides is 2. The van der Waals surface area contributed by atoms with Crippen LogP contribution in [0, 0.1) is 0 Å². The minimum atomic E-state index is -0.944. The molecule has 392 valence electrons. The number of fused-ring (bicyclic) bond motifs is 2. The Morgan fingerprint density at radius 1 is 0.513 bits per heavy atom. The summed E-state index contributed by atoms with van der Waals surface area (Å²) in [5.41, 5.74) is 11.0. The average Bonchev–Trinajstić information content (AvgIpc) is 4.10. The van der Waals surface area contributed by atoms with Gasteiger partial charge >= 0.3 is 11.9 Å². The summed E-state index contributed by atoms with van der Waals surface area (Å²) in [4.78, 5) is 50.4. The molecule has 0 aliphatic carbocycles. The fraction of sp³-hybridized carbons (Fsp3) is 0.182. The number of carboxylic acids is 1. The highest BCUT2D eigenvalue weighted by molar-refractivity contribution is 6.00. The first-order chi connectivity index (χ1) is 37.7. The number of benzene rings is 8. The van der Waals surface area contributed by atoms with E-state index in [9.17, 15) is 24.3 Å². The molecule has 2 heterocycles. The Kier molecular flexibility index (Phi) is 16.5. The van der Waals surface area contributed by atoms with Gasteiger partial charge in [-0.1, -0.05) is 159 Å². The topological polar surface area (TPSA) is 157 Å². The summed E-state index contributed by atoms with van der Waals surface area (Å²) in [6.07, 6.45) is 5.18. The van der Waals surface area contributed by atoms with Gasteiger partial charge in [0.05, 0.1) is 59.7 Å². The molecule has 8 aromatic carbocycles. The van der Waals surface area contributed by atoms with Crippen molar-refractivity contribution in [2.45, 2.75) is 78.2 Å². The average molecular weight is 1040 g/mol. The molecule has 10 rings (SSSR count). The maximum atomic E-state index is 13.0. The van der Waals surface area contributed by atoms with Crippen molar-refractivity contribution in [3.05, 3.63) is 251 Å². The second-order valence-electron chi connectivity index (χ2n) is 20.1. The van der Waals surface area contributed by atoms with Gasteiger partial charge in [-0.25, -0.2) is 9.59 Å². The SMILES string of the molecule is CCC(NC(=O)c1ccc2c(cnn2Cc2ccc(-c3ccccc3C(=O)O)cc2)c1)c1ccccc1.CCC(NC(=O)c1ccc2c(cnn2Cc2ccc(-c3ccccc3C(=O)OC(C)(C)C)cc2)c1)c1ccccc1. The van der Waals surface area contributed by atoms with Crippen LogP contribution in [0.2, 0.25) is 0 Å². The molecule has 2 unspecified atom stereocenters. The Hall–Kier alpha value is -9.42. The summed E-state index contributed by atoms with van der Waals surface area (Å²) in [5, 5.41) is 26.7. The maximum absolute atomic E-state index is 13.0. The molecule has 0 saturated carbocycles. The van der Waals surface area contributed by atoms with Gasteiger partial charge in [-0.2, -0.15) is 10.2 Å². The van der Waals surface area contributed by atoms with Gasteiger partial charge in [0.25, 0.3) is 11.8 Å². The molecular weight excluding hydrogens is 973 g/mol. The van der Waals surface area contributed by atoms with Gasteiger partial charge in [0.1, 0.15) is 5.60 Å². The third kappa shape index (κ3) is 12.8. The first kappa shape index (κ1) is 53.4. The molecule has 0 aliphatic rings. The number of esters is 1. The van der Waals surface area contributed by atoms with E-state index >= 15 is 0 Å². The minimum absolute atomic E-state index is 0.0406. The number of ether oxygens (including phenoxy) is 1. The first-order valence-corrected chi connectivity index (χ1v) is 26.2. The standard InChI is InChI=1S/C35H35N3O3.C31H27N3O3/c1-5-31(26-11-7-6-8-12-26)37-33(39)27-19-20-32-28(21-27)22-36-38(32)23-24-15-17-25(18-16-24)29-13-9-10-14-30(29)34(40)41-35(2,3)4;1-2-28(23-8-4-3-5-9-23)33-30(35)24-16-17-29-25(18-24)19-32-34(29)20-21-12-14-22(15-13-21)26-10-6-7-11-27(26)31(36)37/h6-22,31H,5,23H2,1-4H3,(H,37,39);3-19,28H,2,20H2,1H3,(H,33,35)(H,36,37). The van der Waals surface area contributed by atoms with Crippen molar-refractivity contribution in [2.24, 2.45) is 0 Å². The molecule has 2 amide bonds. The number of nitrogens with zero attached hydrogens (tertiary/aromatic N) is 4. The number of carbonyl (C=O) groups excluding carboxylic acids is 3. The van der Waals surface area contributed by atoms with E-state index in [0.29, 0.717) is 35.3 Å². The molecular formula is C66H62N6O6. The fourth-order valence-corrected chi connectivity index (χ4v) is 9.50. The van der Waals surface area contributed by atoms with E-state index in [1.807, 2.05) is 206 Å². The van der Waals surface area contributed by atoms with Crippen molar-refractivity contribution < 1.29 is 29.0 Å². The molecule has 0 fully saturated rings. The molecule has 12 heteroatoms. The van der Waals surface area contributed by atoms with Crippen LogP contribution in [-0.2, 0) is 17.8 Å².